The fourth-order valence-electron chi connectivity index (χ4n) is 3.26. The largest absolute Gasteiger partial charge is 0.481 e. The molecule has 0 aliphatic carbocycles. The third kappa shape index (κ3) is 3.78. The molecular formula is C22H20BrNO. The van der Waals surface area contributed by atoms with Crippen molar-refractivity contribution in [1.29, 1.82) is 0 Å². The number of hydrogen-bond acceptors (Lipinski definition) is 2. The molecule has 0 aromatic heterocycles. The lowest BCUT2D eigenvalue weighted by molar-refractivity contribution is 0.247. The zero-order valence-corrected chi connectivity index (χ0v) is 15.5. The average Bonchev–Trinajstić information content (AvgIpc) is 2.67. The molecule has 1 atom stereocenters. The maximum absolute atomic E-state index is 6.45. The van der Waals surface area contributed by atoms with Crippen molar-refractivity contribution in [2.75, 3.05) is 6.54 Å². The summed E-state index contributed by atoms with van der Waals surface area (Å²) in [6, 6.07) is 25.2. The molecule has 1 aliphatic rings. The molecule has 3 heteroatoms. The van der Waals surface area contributed by atoms with Crippen molar-refractivity contribution in [3.63, 3.8) is 0 Å². The first kappa shape index (κ1) is 16.4. The molecule has 25 heavy (non-hydrogen) atoms. The van der Waals surface area contributed by atoms with Crippen LogP contribution in [0.1, 0.15) is 28.4 Å². The van der Waals surface area contributed by atoms with Gasteiger partial charge >= 0.3 is 0 Å². The second-order valence-corrected chi connectivity index (χ2v) is 7.23. The minimum Gasteiger partial charge on any atom is -0.481 e. The van der Waals surface area contributed by atoms with Crippen LogP contribution in [0.5, 0.6) is 5.75 Å². The summed E-state index contributed by atoms with van der Waals surface area (Å²) in [5.41, 5.74) is 5.06. The molecule has 1 unspecified atom stereocenters. The molecule has 126 valence electrons. The molecule has 1 aliphatic heterocycles. The predicted molar refractivity (Wildman–Crippen MR) is 105 cm³/mol. The van der Waals surface area contributed by atoms with E-state index in [9.17, 15) is 0 Å². The molecule has 1 heterocycles. The third-order valence-electron chi connectivity index (χ3n) is 4.59. The summed E-state index contributed by atoms with van der Waals surface area (Å²) in [5, 5.41) is 3.43. The normalized spacial score (nSPS) is 14.6. The monoisotopic (exact) mass is 393 g/mol. The van der Waals surface area contributed by atoms with Gasteiger partial charge in [0.1, 0.15) is 11.9 Å². The molecule has 3 aromatic carbocycles. The van der Waals surface area contributed by atoms with Gasteiger partial charge in [0.15, 0.2) is 0 Å². The summed E-state index contributed by atoms with van der Waals surface area (Å²) >= 11 is 3.51. The highest BCUT2D eigenvalue weighted by Gasteiger charge is 2.17. The van der Waals surface area contributed by atoms with Crippen molar-refractivity contribution in [3.05, 3.63) is 99.5 Å². The van der Waals surface area contributed by atoms with Crippen LogP contribution in [0.2, 0.25) is 0 Å². The van der Waals surface area contributed by atoms with Crippen LogP contribution in [-0.2, 0) is 13.0 Å². The Morgan fingerprint density at radius 3 is 2.40 bits per heavy atom. The molecule has 3 aromatic rings. The summed E-state index contributed by atoms with van der Waals surface area (Å²) in [7, 11) is 0. The molecule has 2 nitrogen and oxygen atoms in total. The van der Waals surface area contributed by atoms with Crippen LogP contribution in [0.15, 0.2) is 77.3 Å². The minimum atomic E-state index is -0.121. The van der Waals surface area contributed by atoms with Crippen LogP contribution in [-0.4, -0.2) is 6.54 Å². The molecule has 4 rings (SSSR count). The quantitative estimate of drug-likeness (QED) is 0.652. The Morgan fingerprint density at radius 2 is 1.60 bits per heavy atom. The fourth-order valence-corrected chi connectivity index (χ4v) is 3.52. The van der Waals surface area contributed by atoms with Crippen LogP contribution < -0.4 is 10.1 Å². The predicted octanol–water partition coefficient (Wildman–Crippen LogP) is 5.26. The first-order valence-electron chi connectivity index (χ1n) is 8.59. The van der Waals surface area contributed by atoms with Crippen molar-refractivity contribution >= 4 is 15.9 Å². The topological polar surface area (TPSA) is 21.3 Å². The van der Waals surface area contributed by atoms with Gasteiger partial charge in [0.2, 0.25) is 0 Å². The van der Waals surface area contributed by atoms with E-state index in [4.69, 9.17) is 4.74 Å². The molecule has 0 fully saturated rings. The van der Waals surface area contributed by atoms with Gasteiger partial charge in [-0.2, -0.15) is 0 Å². The summed E-state index contributed by atoms with van der Waals surface area (Å²) in [4.78, 5) is 0. The van der Waals surface area contributed by atoms with Crippen LogP contribution in [0.3, 0.4) is 0 Å². The van der Waals surface area contributed by atoms with Gasteiger partial charge in [-0.1, -0.05) is 64.5 Å². The smallest absolute Gasteiger partial charge is 0.149 e. The Labute approximate surface area is 157 Å². The number of halogens is 1. The molecule has 0 saturated carbocycles. The minimum absolute atomic E-state index is 0.121. The zero-order valence-electron chi connectivity index (χ0n) is 13.9. The Bertz CT molecular complexity index is 846. The second kappa shape index (κ2) is 7.42. The van der Waals surface area contributed by atoms with Gasteiger partial charge in [0, 0.05) is 11.0 Å². The summed E-state index contributed by atoms with van der Waals surface area (Å²) in [6.45, 7) is 1.97. The summed E-state index contributed by atoms with van der Waals surface area (Å²) in [5.74, 6) is 0.916. The van der Waals surface area contributed by atoms with E-state index >= 15 is 0 Å². The lowest BCUT2D eigenvalue weighted by Crippen LogP contribution is -2.23. The lowest BCUT2D eigenvalue weighted by atomic mass is 10.00. The second-order valence-electron chi connectivity index (χ2n) is 6.32. The van der Waals surface area contributed by atoms with Gasteiger partial charge in [-0.05, 0) is 59.5 Å². The molecule has 1 N–H and O–H groups in total. The number of nitrogens with one attached hydrogen (secondary N) is 1. The maximum atomic E-state index is 6.45. The lowest BCUT2D eigenvalue weighted by Gasteiger charge is -2.23. The number of benzene rings is 3. The Morgan fingerprint density at radius 1 is 0.840 bits per heavy atom. The standard InChI is InChI=1S/C22H20BrNO/c23-20-9-6-18(7-10-20)22(17-4-2-1-3-5-17)25-21-11-8-16-12-13-24-15-19(16)14-21/h1-11,14,22,24H,12-13,15H2. The van der Waals surface area contributed by atoms with Crippen LogP contribution in [0, 0.1) is 0 Å². The van der Waals surface area contributed by atoms with Crippen molar-refractivity contribution in [1.82, 2.24) is 5.32 Å². The molecule has 0 radical (unpaired) electrons. The van der Waals surface area contributed by atoms with Gasteiger partial charge in [-0.25, -0.2) is 0 Å². The van der Waals surface area contributed by atoms with Gasteiger partial charge in [-0.15, -0.1) is 0 Å². The van der Waals surface area contributed by atoms with Crippen LogP contribution in [0.4, 0.5) is 0 Å². The van der Waals surface area contributed by atoms with Crippen molar-refractivity contribution in [2.45, 2.75) is 19.1 Å². The van der Waals surface area contributed by atoms with E-state index in [0.717, 1.165) is 40.9 Å². The maximum Gasteiger partial charge on any atom is 0.149 e. The van der Waals surface area contributed by atoms with Crippen LogP contribution >= 0.6 is 15.9 Å². The van der Waals surface area contributed by atoms with Crippen LogP contribution in [0.25, 0.3) is 0 Å². The number of ether oxygens (including phenoxy) is 1. The van der Waals surface area contributed by atoms with Crippen molar-refractivity contribution in [3.8, 4) is 5.75 Å². The van der Waals surface area contributed by atoms with E-state index < -0.39 is 0 Å². The van der Waals surface area contributed by atoms with E-state index in [-0.39, 0.29) is 6.10 Å². The number of rotatable bonds is 4. The van der Waals surface area contributed by atoms with E-state index in [1.165, 1.54) is 11.1 Å². The highest BCUT2D eigenvalue weighted by atomic mass is 79.9. The van der Waals surface area contributed by atoms with Crippen molar-refractivity contribution in [2.24, 2.45) is 0 Å². The van der Waals surface area contributed by atoms with E-state index in [1.807, 2.05) is 6.07 Å². The highest BCUT2D eigenvalue weighted by Crippen LogP contribution is 2.31. The summed E-state index contributed by atoms with van der Waals surface area (Å²) < 4.78 is 7.52. The first-order chi connectivity index (χ1) is 12.3. The molecule has 0 bridgehead atoms. The Balaban J connectivity index is 1.68. The van der Waals surface area contributed by atoms with E-state index in [0.29, 0.717) is 0 Å². The molecule has 0 saturated heterocycles. The van der Waals surface area contributed by atoms with Gasteiger partial charge in [0.05, 0.1) is 0 Å². The van der Waals surface area contributed by atoms with Gasteiger partial charge in [0.25, 0.3) is 0 Å². The first-order valence-corrected chi connectivity index (χ1v) is 9.38. The SMILES string of the molecule is Brc1ccc(C(Oc2ccc3c(c2)CNCC3)c2ccccc2)cc1. The fraction of sp³-hybridized carbons (Fsp3) is 0.182. The Kier molecular flexibility index (Phi) is 4.86. The average molecular weight is 394 g/mol. The zero-order chi connectivity index (χ0) is 17.1. The molecular weight excluding hydrogens is 374 g/mol. The highest BCUT2D eigenvalue weighted by molar-refractivity contribution is 9.10. The third-order valence-corrected chi connectivity index (χ3v) is 5.12. The molecule has 0 spiro atoms. The van der Waals surface area contributed by atoms with Gasteiger partial charge < -0.3 is 10.1 Å². The number of fused-ring (bicyclic) bond motifs is 1. The van der Waals surface area contributed by atoms with Gasteiger partial charge in [-0.3, -0.25) is 0 Å². The van der Waals surface area contributed by atoms with E-state index in [1.54, 1.807) is 0 Å². The van der Waals surface area contributed by atoms with E-state index in [2.05, 4.69) is 88.0 Å². The summed E-state index contributed by atoms with van der Waals surface area (Å²) in [6.07, 6.45) is 0.966. The molecule has 0 amide bonds. The van der Waals surface area contributed by atoms with Crippen molar-refractivity contribution < 1.29 is 4.74 Å². The number of hydrogen-bond donors (Lipinski definition) is 1. The Hall–Kier alpha value is -2.10.